The first-order chi connectivity index (χ1) is 27.5. The molecule has 2 saturated heterocycles. The van der Waals surface area contributed by atoms with Crippen molar-refractivity contribution < 1.29 is 14.6 Å². The summed E-state index contributed by atoms with van der Waals surface area (Å²) < 4.78 is 16.2. The van der Waals surface area contributed by atoms with Gasteiger partial charge in [0.25, 0.3) is 0 Å². The van der Waals surface area contributed by atoms with Crippen molar-refractivity contribution in [1.29, 1.82) is 0 Å². The fraction of sp³-hybridized carbons (Fsp3) is 0.318. The van der Waals surface area contributed by atoms with Gasteiger partial charge in [0.15, 0.2) is 11.3 Å². The number of halogens is 1. The highest BCUT2D eigenvalue weighted by Crippen LogP contribution is 2.29. The van der Waals surface area contributed by atoms with E-state index in [1.54, 1.807) is 22.2 Å². The second kappa shape index (κ2) is 17.8. The molecule has 2 fully saturated rings. The summed E-state index contributed by atoms with van der Waals surface area (Å²) in [5.41, 5.74) is 8.62. The lowest BCUT2D eigenvalue weighted by atomic mass is 10.0. The highest BCUT2D eigenvalue weighted by Gasteiger charge is 2.14. The minimum absolute atomic E-state index is 0.511. The fourth-order valence-corrected chi connectivity index (χ4v) is 7.65. The van der Waals surface area contributed by atoms with E-state index >= 15 is 0 Å². The number of aliphatic hydroxyl groups excluding tert-OH is 1. The zero-order chi connectivity index (χ0) is 38.3. The van der Waals surface area contributed by atoms with E-state index in [1.807, 2.05) is 79.5 Å². The number of hydrogen-bond acceptors (Lipinski definition) is 9. The van der Waals surface area contributed by atoms with Crippen molar-refractivity contribution in [2.75, 3.05) is 52.5 Å². The highest BCUT2D eigenvalue weighted by atomic mass is 79.9. The predicted octanol–water partition coefficient (Wildman–Crippen LogP) is 8.22. The zero-order valence-corrected chi connectivity index (χ0v) is 33.3. The fourth-order valence-electron chi connectivity index (χ4n) is 7.27. The van der Waals surface area contributed by atoms with Gasteiger partial charge in [-0.15, -0.1) is 0 Å². The van der Waals surface area contributed by atoms with Gasteiger partial charge in [0.1, 0.15) is 24.7 Å². The summed E-state index contributed by atoms with van der Waals surface area (Å²) in [4.78, 5) is 14.0. The number of ether oxygens (including phenoxy) is 2. The Morgan fingerprint density at radius 3 is 1.70 bits per heavy atom. The van der Waals surface area contributed by atoms with Crippen molar-refractivity contribution in [2.45, 2.75) is 38.7 Å². The van der Waals surface area contributed by atoms with Crippen LogP contribution in [0.3, 0.4) is 0 Å². The van der Waals surface area contributed by atoms with Gasteiger partial charge in [-0.05, 0) is 127 Å². The summed E-state index contributed by atoms with van der Waals surface area (Å²) in [7, 11) is 0. The van der Waals surface area contributed by atoms with Crippen LogP contribution in [0.15, 0.2) is 114 Å². The molecule has 56 heavy (non-hydrogen) atoms. The molecule has 0 saturated carbocycles. The lowest BCUT2D eigenvalue weighted by Gasteiger charge is -2.15. The monoisotopic (exact) mass is 814 g/mol. The number of benzene rings is 3. The molecule has 4 aromatic heterocycles. The predicted molar refractivity (Wildman–Crippen MR) is 223 cm³/mol. The molecule has 0 spiro atoms. The molecule has 9 rings (SSSR count). The largest absolute Gasteiger partial charge is 0.492 e. The van der Waals surface area contributed by atoms with Gasteiger partial charge in [0.05, 0.1) is 23.0 Å². The van der Waals surface area contributed by atoms with Gasteiger partial charge in [0.2, 0.25) is 0 Å². The van der Waals surface area contributed by atoms with Gasteiger partial charge in [-0.25, -0.2) is 19.0 Å². The van der Waals surface area contributed by atoms with Crippen molar-refractivity contribution >= 4 is 27.2 Å². The van der Waals surface area contributed by atoms with Crippen LogP contribution in [0.1, 0.15) is 44.3 Å². The molecule has 2 aliphatic heterocycles. The van der Waals surface area contributed by atoms with Crippen LogP contribution in [0.25, 0.3) is 44.7 Å². The Balaban J connectivity index is 0.000000164. The lowest BCUT2D eigenvalue weighted by Crippen LogP contribution is -2.25. The molecule has 2 aliphatic rings. The smallest absolute Gasteiger partial charge is 0.169 e. The molecule has 12 heteroatoms. The van der Waals surface area contributed by atoms with E-state index in [0.717, 1.165) is 92.5 Å². The summed E-state index contributed by atoms with van der Waals surface area (Å²) >= 11 is 3.44. The summed E-state index contributed by atoms with van der Waals surface area (Å²) in [6, 6.07) is 24.2. The molecule has 1 atom stereocenters. The Hall–Kier alpha value is -5.14. The van der Waals surface area contributed by atoms with E-state index in [9.17, 15) is 5.11 Å². The van der Waals surface area contributed by atoms with Crippen LogP contribution in [-0.2, 0) is 0 Å². The van der Waals surface area contributed by atoms with Crippen molar-refractivity contribution in [3.05, 3.63) is 120 Å². The number of nitrogens with zero attached hydrogens (tertiary/aromatic N) is 8. The molecule has 0 amide bonds. The highest BCUT2D eigenvalue weighted by molar-refractivity contribution is 9.10. The van der Waals surface area contributed by atoms with Crippen LogP contribution in [0.2, 0.25) is 0 Å². The molecular weight excluding hydrogens is 768 g/mol. The first-order valence-corrected chi connectivity index (χ1v) is 20.3. The van der Waals surface area contributed by atoms with Gasteiger partial charge in [-0.2, -0.15) is 10.2 Å². The average molecular weight is 816 g/mol. The van der Waals surface area contributed by atoms with Crippen molar-refractivity contribution in [1.82, 2.24) is 39.0 Å². The number of hydrogen-bond donors (Lipinski definition) is 1. The second-order valence-corrected chi connectivity index (χ2v) is 15.3. The number of aromatic nitrogens is 6. The second-order valence-electron chi connectivity index (χ2n) is 14.4. The first kappa shape index (κ1) is 37.8. The topological polar surface area (TPSA) is 106 Å². The van der Waals surface area contributed by atoms with Crippen LogP contribution in [0.5, 0.6) is 11.5 Å². The minimum atomic E-state index is -0.511. The van der Waals surface area contributed by atoms with Gasteiger partial charge in [-0.1, -0.05) is 42.5 Å². The van der Waals surface area contributed by atoms with E-state index in [2.05, 4.69) is 70.2 Å². The standard InChI is InChI=1S/C26H28N4O2.C18H19BrN4O/c1-19(31)21-5-4-6-22(15-21)25-17-28-30-18-23(16-27-26(25)30)20-7-9-24(10-8-20)32-14-13-29-11-2-3-12-29;19-17-12-21-23-13-15(11-20-18(17)23)14-3-5-16(6-4-14)24-10-9-22-7-1-2-8-22/h4-10,15-19,31H,2-3,11-14H2,1H3;3-6,11-13H,1-2,7-10H2/t19-;/m1./s1. The molecule has 288 valence electrons. The van der Waals surface area contributed by atoms with Crippen molar-refractivity contribution in [3.63, 3.8) is 0 Å². The third kappa shape index (κ3) is 9.11. The Kier molecular flexibility index (Phi) is 12.0. The molecule has 0 bridgehead atoms. The normalized spacial score (nSPS) is 15.3. The van der Waals surface area contributed by atoms with Crippen LogP contribution in [-0.4, -0.2) is 96.6 Å². The lowest BCUT2D eigenvalue weighted by molar-refractivity contribution is 0.199. The van der Waals surface area contributed by atoms with Gasteiger partial charge >= 0.3 is 0 Å². The summed E-state index contributed by atoms with van der Waals surface area (Å²) in [5, 5.41) is 18.7. The van der Waals surface area contributed by atoms with Crippen molar-refractivity contribution in [3.8, 4) is 44.9 Å². The Morgan fingerprint density at radius 2 is 1.14 bits per heavy atom. The molecule has 0 aliphatic carbocycles. The molecule has 7 aromatic rings. The first-order valence-electron chi connectivity index (χ1n) is 19.5. The Morgan fingerprint density at radius 1 is 0.625 bits per heavy atom. The third-order valence-corrected chi connectivity index (χ3v) is 11.0. The van der Waals surface area contributed by atoms with Gasteiger partial charge < -0.3 is 14.6 Å². The Labute approximate surface area is 335 Å². The molecule has 6 heterocycles. The van der Waals surface area contributed by atoms with Crippen LogP contribution < -0.4 is 9.47 Å². The maximum absolute atomic E-state index is 9.89. The van der Waals surface area contributed by atoms with E-state index in [4.69, 9.17) is 9.47 Å². The summed E-state index contributed by atoms with van der Waals surface area (Å²) in [6.45, 7) is 10.0. The summed E-state index contributed by atoms with van der Waals surface area (Å²) in [5.74, 6) is 1.80. The molecular formula is C44H47BrN8O3. The average Bonchev–Trinajstić information content (AvgIpc) is 4.08. The summed E-state index contributed by atoms with van der Waals surface area (Å²) in [6.07, 6.45) is 16.0. The van der Waals surface area contributed by atoms with Crippen LogP contribution >= 0.6 is 15.9 Å². The number of likely N-dealkylation sites (tertiary alicyclic amines) is 2. The number of aliphatic hydroxyl groups is 1. The van der Waals surface area contributed by atoms with E-state index in [1.165, 1.54) is 51.9 Å². The van der Waals surface area contributed by atoms with Crippen LogP contribution in [0, 0.1) is 0 Å². The molecule has 3 aromatic carbocycles. The van der Waals surface area contributed by atoms with Gasteiger partial charge in [0, 0.05) is 54.6 Å². The molecule has 0 unspecified atom stereocenters. The molecule has 0 radical (unpaired) electrons. The maximum atomic E-state index is 9.89. The van der Waals surface area contributed by atoms with E-state index in [0.29, 0.717) is 0 Å². The minimum Gasteiger partial charge on any atom is -0.492 e. The quantitative estimate of drug-likeness (QED) is 0.131. The third-order valence-electron chi connectivity index (χ3n) is 10.5. The zero-order valence-electron chi connectivity index (χ0n) is 31.7. The molecule has 1 N–H and O–H groups in total. The Bertz CT molecular complexity index is 2350. The number of fused-ring (bicyclic) bond motifs is 2. The SMILES string of the molecule is Brc1cnn2cc(-c3ccc(OCCN4CCCC4)cc3)cnc12.C[C@@H](O)c1cccc(-c2cnn3cc(-c4ccc(OCCN5CCCC5)cc4)cnc23)c1. The molecule has 11 nitrogen and oxygen atoms in total. The van der Waals surface area contributed by atoms with E-state index < -0.39 is 6.10 Å². The van der Waals surface area contributed by atoms with E-state index in [-0.39, 0.29) is 0 Å². The van der Waals surface area contributed by atoms with Crippen molar-refractivity contribution in [2.24, 2.45) is 0 Å². The van der Waals surface area contributed by atoms with Gasteiger partial charge in [-0.3, -0.25) is 9.80 Å². The maximum Gasteiger partial charge on any atom is 0.169 e. The number of rotatable bonds is 12. The van der Waals surface area contributed by atoms with Crippen LogP contribution in [0.4, 0.5) is 0 Å².